The summed E-state index contributed by atoms with van der Waals surface area (Å²) in [5, 5.41) is 11.8. The van der Waals surface area contributed by atoms with Crippen LogP contribution in [0.1, 0.15) is 11.8 Å². The average Bonchev–Trinajstić information content (AvgIpc) is 3.17. The number of nitrogens with zero attached hydrogens (tertiary/aromatic N) is 4. The van der Waals surface area contributed by atoms with Gasteiger partial charge in [0.05, 0.1) is 0 Å². The fourth-order valence-electron chi connectivity index (χ4n) is 2.09. The molecule has 0 spiro atoms. The van der Waals surface area contributed by atoms with Gasteiger partial charge in [-0.05, 0) is 36.9 Å². The molecule has 0 radical (unpaired) electrons. The molecule has 3 rings (SSSR count). The van der Waals surface area contributed by atoms with Gasteiger partial charge in [0.25, 0.3) is 0 Å². The highest BCUT2D eigenvalue weighted by atomic mass is 32.2. The summed E-state index contributed by atoms with van der Waals surface area (Å²) in [5.41, 5.74) is 1.06. The van der Waals surface area contributed by atoms with Crippen LogP contribution in [0.3, 0.4) is 0 Å². The molecule has 0 aliphatic rings. The monoisotopic (exact) mass is 316 g/mol. The molecule has 0 atom stereocenters. The minimum Gasteiger partial charge on any atom is -0.302 e. The Morgan fingerprint density at radius 3 is 2.76 bits per heavy atom. The van der Waals surface area contributed by atoms with E-state index in [9.17, 15) is 0 Å². The molecule has 0 bridgehead atoms. The number of hydrogen-bond donors (Lipinski definition) is 0. The second-order valence-electron chi connectivity index (χ2n) is 4.46. The van der Waals surface area contributed by atoms with Crippen LogP contribution in [0, 0.1) is 0 Å². The van der Waals surface area contributed by atoms with Gasteiger partial charge in [0, 0.05) is 35.1 Å². The van der Waals surface area contributed by atoms with E-state index in [1.165, 1.54) is 4.88 Å². The summed E-state index contributed by atoms with van der Waals surface area (Å²) >= 11 is 3.57. The molecular weight excluding hydrogens is 300 g/mol. The second kappa shape index (κ2) is 6.87. The van der Waals surface area contributed by atoms with Crippen LogP contribution in [-0.2, 0) is 13.0 Å². The van der Waals surface area contributed by atoms with Gasteiger partial charge < -0.3 is 4.57 Å². The molecular formula is C15H16N4S2. The lowest BCUT2D eigenvalue weighted by molar-refractivity contribution is 0.687. The third-order valence-electron chi connectivity index (χ3n) is 3.13. The van der Waals surface area contributed by atoms with Crippen molar-refractivity contribution in [3.63, 3.8) is 0 Å². The van der Waals surface area contributed by atoms with Crippen molar-refractivity contribution in [1.82, 2.24) is 19.7 Å². The first-order chi connectivity index (χ1) is 10.4. The lowest BCUT2D eigenvalue weighted by Crippen LogP contribution is -2.00. The topological polar surface area (TPSA) is 43.6 Å². The molecule has 6 heteroatoms. The van der Waals surface area contributed by atoms with Crippen LogP contribution in [0.2, 0.25) is 0 Å². The summed E-state index contributed by atoms with van der Waals surface area (Å²) in [6.45, 7) is 2.99. The highest BCUT2D eigenvalue weighted by Gasteiger charge is 2.12. The molecule has 0 amide bonds. The van der Waals surface area contributed by atoms with E-state index in [2.05, 4.69) is 44.2 Å². The second-order valence-corrected chi connectivity index (χ2v) is 6.56. The van der Waals surface area contributed by atoms with Crippen LogP contribution >= 0.6 is 23.1 Å². The number of aromatic nitrogens is 4. The zero-order valence-corrected chi connectivity index (χ0v) is 13.4. The van der Waals surface area contributed by atoms with E-state index >= 15 is 0 Å². The van der Waals surface area contributed by atoms with Gasteiger partial charge in [0.1, 0.15) is 0 Å². The fourth-order valence-corrected chi connectivity index (χ4v) is 3.91. The van der Waals surface area contributed by atoms with Crippen LogP contribution in [0.4, 0.5) is 0 Å². The zero-order chi connectivity index (χ0) is 14.5. The van der Waals surface area contributed by atoms with Gasteiger partial charge in [-0.1, -0.05) is 17.8 Å². The van der Waals surface area contributed by atoms with Gasteiger partial charge in [-0.15, -0.1) is 21.5 Å². The minimum atomic E-state index is 0.867. The predicted molar refractivity (Wildman–Crippen MR) is 87.7 cm³/mol. The van der Waals surface area contributed by atoms with Crippen LogP contribution < -0.4 is 0 Å². The Morgan fingerprint density at radius 1 is 1.19 bits per heavy atom. The van der Waals surface area contributed by atoms with E-state index in [0.29, 0.717) is 0 Å². The maximum Gasteiger partial charge on any atom is 0.191 e. The third kappa shape index (κ3) is 3.33. The first-order valence-corrected chi connectivity index (χ1v) is 8.73. The van der Waals surface area contributed by atoms with Gasteiger partial charge in [-0.3, -0.25) is 4.98 Å². The Bertz CT molecular complexity index is 677. The maximum absolute atomic E-state index is 4.34. The Labute approximate surface area is 132 Å². The molecule has 0 N–H and O–H groups in total. The molecule has 4 nitrogen and oxygen atoms in total. The van der Waals surface area contributed by atoms with E-state index in [-0.39, 0.29) is 0 Å². The Balaban J connectivity index is 1.73. The number of thiophene rings is 1. The summed E-state index contributed by atoms with van der Waals surface area (Å²) in [6, 6.07) is 8.21. The first-order valence-electron chi connectivity index (χ1n) is 6.87. The Morgan fingerprint density at radius 2 is 2.05 bits per heavy atom. The van der Waals surface area contributed by atoms with E-state index in [4.69, 9.17) is 0 Å². The van der Waals surface area contributed by atoms with E-state index in [0.717, 1.165) is 35.3 Å². The highest BCUT2D eigenvalue weighted by molar-refractivity contribution is 7.99. The molecule has 0 aliphatic carbocycles. The van der Waals surface area contributed by atoms with Crippen molar-refractivity contribution in [2.45, 2.75) is 25.0 Å². The van der Waals surface area contributed by atoms with Gasteiger partial charge in [-0.2, -0.15) is 0 Å². The van der Waals surface area contributed by atoms with Crippen molar-refractivity contribution in [2.75, 3.05) is 5.75 Å². The quantitative estimate of drug-likeness (QED) is 0.650. The van der Waals surface area contributed by atoms with Crippen molar-refractivity contribution >= 4 is 23.1 Å². The molecule has 0 saturated carbocycles. The SMILES string of the molecule is CCn1c(SCCc2cccs2)nnc1-c1ccncc1. The van der Waals surface area contributed by atoms with Crippen molar-refractivity contribution in [2.24, 2.45) is 0 Å². The zero-order valence-electron chi connectivity index (χ0n) is 11.8. The summed E-state index contributed by atoms with van der Waals surface area (Å²) in [4.78, 5) is 5.47. The molecule has 3 aromatic rings. The van der Waals surface area contributed by atoms with Gasteiger partial charge in [-0.25, -0.2) is 0 Å². The normalized spacial score (nSPS) is 10.9. The molecule has 3 heterocycles. The predicted octanol–water partition coefficient (Wildman–Crippen LogP) is 3.76. The molecule has 0 unspecified atom stereocenters. The largest absolute Gasteiger partial charge is 0.302 e. The smallest absolute Gasteiger partial charge is 0.191 e. The summed E-state index contributed by atoms with van der Waals surface area (Å²) in [5.74, 6) is 1.94. The molecule has 0 fully saturated rings. The van der Waals surface area contributed by atoms with E-state index < -0.39 is 0 Å². The highest BCUT2D eigenvalue weighted by Crippen LogP contribution is 2.24. The Hall–Kier alpha value is -1.66. The first kappa shape index (κ1) is 14.3. The number of rotatable bonds is 6. The van der Waals surface area contributed by atoms with Crippen molar-refractivity contribution in [1.29, 1.82) is 0 Å². The van der Waals surface area contributed by atoms with Gasteiger partial charge in [0.15, 0.2) is 11.0 Å². The minimum absolute atomic E-state index is 0.867. The van der Waals surface area contributed by atoms with Gasteiger partial charge >= 0.3 is 0 Å². The lowest BCUT2D eigenvalue weighted by atomic mass is 10.2. The molecule has 0 saturated heterocycles. The number of hydrogen-bond acceptors (Lipinski definition) is 5. The Kier molecular flexibility index (Phi) is 4.67. The number of thioether (sulfide) groups is 1. The maximum atomic E-state index is 4.34. The van der Waals surface area contributed by atoms with Crippen LogP contribution in [0.5, 0.6) is 0 Å². The van der Waals surface area contributed by atoms with Crippen molar-refractivity contribution < 1.29 is 0 Å². The molecule has 3 aromatic heterocycles. The lowest BCUT2D eigenvalue weighted by Gasteiger charge is -2.06. The average molecular weight is 316 g/mol. The number of aryl methyl sites for hydroxylation is 1. The molecule has 0 aliphatic heterocycles. The summed E-state index contributed by atoms with van der Waals surface area (Å²) in [7, 11) is 0. The van der Waals surface area contributed by atoms with Crippen LogP contribution in [0.15, 0.2) is 47.2 Å². The fraction of sp³-hybridized carbons (Fsp3) is 0.267. The summed E-state index contributed by atoms with van der Waals surface area (Å²) in [6.07, 6.45) is 4.64. The van der Waals surface area contributed by atoms with E-state index in [1.807, 2.05) is 12.1 Å². The summed E-state index contributed by atoms with van der Waals surface area (Å²) < 4.78 is 2.16. The van der Waals surface area contributed by atoms with Gasteiger partial charge in [0.2, 0.25) is 0 Å². The molecule has 21 heavy (non-hydrogen) atoms. The van der Waals surface area contributed by atoms with Crippen molar-refractivity contribution in [3.05, 3.63) is 46.9 Å². The standard InChI is InChI=1S/C15H16N4S2/c1-2-19-14(12-5-8-16-9-6-12)17-18-15(19)21-11-7-13-4-3-10-20-13/h3-6,8-10H,2,7,11H2,1H3. The third-order valence-corrected chi connectivity index (χ3v) is 5.04. The number of pyridine rings is 1. The van der Waals surface area contributed by atoms with Crippen LogP contribution in [-0.4, -0.2) is 25.5 Å². The van der Waals surface area contributed by atoms with E-state index in [1.54, 1.807) is 35.5 Å². The molecule has 0 aromatic carbocycles. The van der Waals surface area contributed by atoms with Crippen LogP contribution in [0.25, 0.3) is 11.4 Å². The van der Waals surface area contributed by atoms with Crippen molar-refractivity contribution in [3.8, 4) is 11.4 Å². The molecule has 108 valence electrons.